The molecule has 2 aromatic heterocycles. The van der Waals surface area contributed by atoms with Crippen molar-refractivity contribution in [2.24, 2.45) is 18.9 Å². The molecule has 48 heavy (non-hydrogen) atoms. The van der Waals surface area contributed by atoms with E-state index in [2.05, 4.69) is 105 Å². The Labute approximate surface area is 298 Å². The molecule has 0 fully saturated rings. The van der Waals surface area contributed by atoms with E-state index in [1.165, 1.54) is 27.8 Å². The quantitative estimate of drug-likeness (QED) is 0.0944. The number of hydrogen-bond acceptors (Lipinski definition) is 4. The molecule has 0 saturated heterocycles. The molecule has 0 aliphatic rings. The number of aliphatic hydroxyl groups is 1. The molecule has 1 N–H and O–H groups in total. The first kappa shape index (κ1) is 37.0. The SMILES string of the molecule is CCC(CC)C(=O)/C=C(\O)C(CC)CC.Cn1c2cc3ccccc3cc2c2ncnc(-c3[c-]c4ccccc4c(C(C)(C)C)c3)c21.[Ir]. The predicted molar refractivity (Wildman–Crippen MR) is 198 cm³/mol. The Morgan fingerprint density at radius 2 is 1.46 bits per heavy atom. The molecular weight excluding hydrogens is 771 g/mol. The average Bonchev–Trinajstić information content (AvgIpc) is 3.34. The summed E-state index contributed by atoms with van der Waals surface area (Å²) in [4.78, 5) is 21.2. The van der Waals surface area contributed by atoms with Crippen molar-refractivity contribution < 1.29 is 30.0 Å². The van der Waals surface area contributed by atoms with Gasteiger partial charge >= 0.3 is 0 Å². The Morgan fingerprint density at radius 1 is 0.854 bits per heavy atom. The van der Waals surface area contributed by atoms with Gasteiger partial charge in [-0.1, -0.05) is 102 Å². The number of carbonyl (C=O) groups excluding carboxylic acids is 1. The van der Waals surface area contributed by atoms with Crippen LogP contribution >= 0.6 is 0 Å². The summed E-state index contributed by atoms with van der Waals surface area (Å²) in [5, 5.41) is 15.7. The fourth-order valence-electron chi connectivity index (χ4n) is 6.66. The summed E-state index contributed by atoms with van der Waals surface area (Å²) < 4.78 is 2.23. The van der Waals surface area contributed by atoms with Crippen LogP contribution in [-0.2, 0) is 37.4 Å². The summed E-state index contributed by atoms with van der Waals surface area (Å²) in [6, 6.07) is 27.4. The number of aliphatic hydroxyl groups excluding tert-OH is 1. The molecular formula is C42H48IrN3O2-. The first-order valence-electron chi connectivity index (χ1n) is 17.0. The molecule has 2 heterocycles. The van der Waals surface area contributed by atoms with Gasteiger partial charge in [-0.25, -0.2) is 4.98 Å². The number of hydrogen-bond donors (Lipinski definition) is 1. The van der Waals surface area contributed by atoms with Crippen molar-refractivity contribution in [3.8, 4) is 11.3 Å². The van der Waals surface area contributed by atoms with Crippen molar-refractivity contribution in [3.63, 3.8) is 0 Å². The maximum absolute atomic E-state index is 11.7. The minimum absolute atomic E-state index is 0. The van der Waals surface area contributed by atoms with E-state index in [9.17, 15) is 9.90 Å². The summed E-state index contributed by atoms with van der Waals surface area (Å²) in [5.41, 5.74) is 6.44. The largest absolute Gasteiger partial charge is 0.512 e. The van der Waals surface area contributed by atoms with Crippen molar-refractivity contribution in [3.05, 3.63) is 96.5 Å². The molecule has 0 saturated carbocycles. The van der Waals surface area contributed by atoms with Crippen LogP contribution in [0.25, 0.3) is 54.7 Å². The smallest absolute Gasteiger partial charge is 0.162 e. The second-order valence-electron chi connectivity index (χ2n) is 13.6. The van der Waals surface area contributed by atoms with Crippen LogP contribution in [0.15, 0.2) is 84.9 Å². The molecule has 0 amide bonds. The summed E-state index contributed by atoms with van der Waals surface area (Å²) in [6.45, 7) is 14.9. The fraction of sp³-hybridized carbons (Fsp3) is 0.357. The normalized spacial score (nSPS) is 12.2. The Balaban J connectivity index is 0.000000279. The van der Waals surface area contributed by atoms with Crippen LogP contribution in [0.3, 0.4) is 0 Å². The number of nitrogens with zero attached hydrogens (tertiary/aromatic N) is 3. The molecule has 0 bridgehead atoms. The summed E-state index contributed by atoms with van der Waals surface area (Å²) in [5.74, 6) is 0.547. The first-order chi connectivity index (χ1) is 22.5. The van der Waals surface area contributed by atoms with E-state index in [-0.39, 0.29) is 48.9 Å². The Kier molecular flexibility index (Phi) is 12.0. The summed E-state index contributed by atoms with van der Waals surface area (Å²) >= 11 is 0. The van der Waals surface area contributed by atoms with Gasteiger partial charge < -0.3 is 9.67 Å². The van der Waals surface area contributed by atoms with E-state index in [0.29, 0.717) is 0 Å². The van der Waals surface area contributed by atoms with Crippen molar-refractivity contribution in [1.82, 2.24) is 14.5 Å². The molecule has 0 unspecified atom stereocenters. The maximum atomic E-state index is 11.7. The maximum Gasteiger partial charge on any atom is 0.162 e. The Bertz CT molecular complexity index is 2080. The minimum atomic E-state index is 0. The minimum Gasteiger partial charge on any atom is -0.512 e. The van der Waals surface area contributed by atoms with E-state index in [0.717, 1.165) is 64.3 Å². The zero-order valence-corrected chi connectivity index (χ0v) is 31.9. The molecule has 6 rings (SSSR count). The number of allylic oxidation sites excluding steroid dienone is 2. The zero-order valence-electron chi connectivity index (χ0n) is 29.5. The van der Waals surface area contributed by atoms with Gasteiger partial charge in [-0.2, -0.15) is 0 Å². The molecule has 5 nitrogen and oxygen atoms in total. The monoisotopic (exact) mass is 819 g/mol. The zero-order chi connectivity index (χ0) is 33.9. The van der Waals surface area contributed by atoms with Gasteiger partial charge in [0.1, 0.15) is 6.33 Å². The number of benzene rings is 4. The molecule has 253 valence electrons. The van der Waals surface area contributed by atoms with E-state index in [1.54, 1.807) is 6.33 Å². The number of aryl methyl sites for hydroxylation is 1. The Hall–Kier alpha value is -3.86. The third kappa shape index (κ3) is 7.40. The van der Waals surface area contributed by atoms with Gasteiger partial charge in [0.15, 0.2) is 5.78 Å². The number of rotatable bonds is 8. The van der Waals surface area contributed by atoms with Crippen LogP contribution in [0.5, 0.6) is 0 Å². The first-order valence-corrected chi connectivity index (χ1v) is 17.0. The predicted octanol–water partition coefficient (Wildman–Crippen LogP) is 11.1. The number of carbonyl (C=O) groups is 1. The summed E-state index contributed by atoms with van der Waals surface area (Å²) in [6.07, 6.45) is 6.59. The van der Waals surface area contributed by atoms with Crippen LogP contribution in [0.1, 0.15) is 79.7 Å². The standard InChI is InChI=1S/C29H24N3.C13H24O2.Ir/c1-29(2,3)24-15-21(13-20-11-7-8-12-22(20)24)26-28-27(31-17-30-26)23-14-18-9-5-6-10-19(18)16-25(23)32(28)4;1-5-10(6-2)12(14)9-13(15)11(7-3)8-4;/h5-12,14-17H,1-4H3;9-11,14H,5-8H2,1-4H3;/q-1;;/b;12-9-;. The molecule has 0 spiro atoms. The van der Waals surface area contributed by atoms with E-state index in [4.69, 9.17) is 9.97 Å². The van der Waals surface area contributed by atoms with Gasteiger partial charge in [0.25, 0.3) is 0 Å². The van der Waals surface area contributed by atoms with Crippen LogP contribution < -0.4 is 0 Å². The second kappa shape index (κ2) is 15.6. The van der Waals surface area contributed by atoms with Crippen molar-refractivity contribution >= 4 is 49.3 Å². The van der Waals surface area contributed by atoms with E-state index < -0.39 is 0 Å². The molecule has 0 aliphatic heterocycles. The van der Waals surface area contributed by atoms with Gasteiger partial charge in [-0.05, 0) is 54.0 Å². The number of fused-ring (bicyclic) bond motifs is 5. The Morgan fingerprint density at radius 3 is 2.08 bits per heavy atom. The van der Waals surface area contributed by atoms with Gasteiger partial charge in [-0.15, -0.1) is 29.1 Å². The van der Waals surface area contributed by atoms with Crippen molar-refractivity contribution in [2.75, 3.05) is 0 Å². The van der Waals surface area contributed by atoms with Crippen molar-refractivity contribution in [2.45, 2.75) is 79.6 Å². The van der Waals surface area contributed by atoms with E-state index >= 15 is 0 Å². The van der Waals surface area contributed by atoms with Crippen LogP contribution in [0.4, 0.5) is 0 Å². The van der Waals surface area contributed by atoms with Crippen LogP contribution in [-0.4, -0.2) is 25.4 Å². The third-order valence-corrected chi connectivity index (χ3v) is 9.56. The number of ketones is 1. The summed E-state index contributed by atoms with van der Waals surface area (Å²) in [7, 11) is 2.11. The second-order valence-corrected chi connectivity index (χ2v) is 13.6. The molecule has 6 aromatic rings. The van der Waals surface area contributed by atoms with Gasteiger partial charge in [0.2, 0.25) is 0 Å². The van der Waals surface area contributed by atoms with E-state index in [1.807, 2.05) is 27.7 Å². The van der Waals surface area contributed by atoms with Crippen LogP contribution in [0, 0.1) is 17.9 Å². The molecule has 0 aliphatic carbocycles. The van der Waals surface area contributed by atoms with Gasteiger partial charge in [0.05, 0.1) is 22.3 Å². The third-order valence-electron chi connectivity index (χ3n) is 9.56. The van der Waals surface area contributed by atoms with Gasteiger partial charge in [-0.3, -0.25) is 9.78 Å². The number of aromatic nitrogens is 3. The molecule has 6 heteroatoms. The fourth-order valence-corrected chi connectivity index (χ4v) is 6.66. The molecule has 4 aromatic carbocycles. The van der Waals surface area contributed by atoms with Gasteiger partial charge in [0, 0.05) is 56.1 Å². The van der Waals surface area contributed by atoms with Crippen molar-refractivity contribution in [1.29, 1.82) is 0 Å². The van der Waals surface area contributed by atoms with Crippen LogP contribution in [0.2, 0.25) is 0 Å². The average molecular weight is 819 g/mol. The topological polar surface area (TPSA) is 68.0 Å². The molecule has 0 atom stereocenters. The molecule has 1 radical (unpaired) electrons.